The van der Waals surface area contributed by atoms with Crippen LogP contribution >= 0.6 is 0 Å². The number of carbonyl (C=O) groups excluding carboxylic acids is 2. The van der Waals surface area contributed by atoms with Crippen molar-refractivity contribution < 1.29 is 14.0 Å². The van der Waals surface area contributed by atoms with Gasteiger partial charge in [-0.1, -0.05) is 0 Å². The van der Waals surface area contributed by atoms with Crippen molar-refractivity contribution in [1.82, 2.24) is 39.5 Å². The predicted molar refractivity (Wildman–Crippen MR) is 223 cm³/mol. The van der Waals surface area contributed by atoms with Crippen LogP contribution in [-0.4, -0.2) is 91.8 Å². The number of nitrogens with zero attached hydrogens (tertiary/aromatic N) is 8. The molecule has 0 radical (unpaired) electrons. The Balaban J connectivity index is 0.820. The quantitative estimate of drug-likeness (QED) is 0.155. The summed E-state index contributed by atoms with van der Waals surface area (Å²) in [4.78, 5) is 53.6. The first kappa shape index (κ1) is 35.7. The molecule has 3 aliphatic rings. The molecule has 1 unspecified atom stereocenters. The van der Waals surface area contributed by atoms with E-state index in [-0.39, 0.29) is 24.0 Å². The summed E-state index contributed by atoms with van der Waals surface area (Å²) >= 11 is 0. The maximum Gasteiger partial charge on any atom is 0.329 e. The number of hydrogen-bond acceptors (Lipinski definition) is 12. The van der Waals surface area contributed by atoms with Crippen molar-refractivity contribution >= 4 is 73.5 Å². The Morgan fingerprint density at radius 1 is 0.914 bits per heavy atom. The number of rotatable bonds is 8. The summed E-state index contributed by atoms with van der Waals surface area (Å²) in [5, 5.41) is 15.5. The van der Waals surface area contributed by atoms with Gasteiger partial charge in [0.2, 0.25) is 17.8 Å². The average Bonchev–Trinajstić information content (AvgIpc) is 3.97. The second kappa shape index (κ2) is 14.4. The van der Waals surface area contributed by atoms with Gasteiger partial charge in [0.05, 0.1) is 29.0 Å². The van der Waals surface area contributed by atoms with Crippen molar-refractivity contribution in [3.63, 3.8) is 0 Å². The van der Waals surface area contributed by atoms with Crippen molar-refractivity contribution in [3.8, 4) is 11.1 Å². The lowest BCUT2D eigenvalue weighted by atomic mass is 9.95. The van der Waals surface area contributed by atoms with E-state index >= 15 is 0 Å². The van der Waals surface area contributed by atoms with E-state index < -0.39 is 11.9 Å². The number of benzene rings is 3. The number of aromatic amines is 1. The molecule has 3 fully saturated rings. The van der Waals surface area contributed by atoms with Crippen LogP contribution in [0.2, 0.25) is 0 Å². The molecule has 5 N–H and O–H groups in total. The largest absolute Gasteiger partial charge is 0.464 e. The molecule has 16 nitrogen and oxygen atoms in total. The van der Waals surface area contributed by atoms with Crippen molar-refractivity contribution in [3.05, 3.63) is 83.7 Å². The number of hydrogen-bond donors (Lipinski definition) is 4. The second-order valence-corrected chi connectivity index (χ2v) is 15.6. The topological polar surface area (TPSA) is 188 Å². The first-order valence-corrected chi connectivity index (χ1v) is 19.9. The number of H-pyrrole nitrogens is 1. The standard InChI is InChI=1S/C42H44N12O4/c1-50-34-22-28(2-3-31(34)54(42(50)57)33-5-7-37(55)48-40(33)56)52-13-9-25(10-14-52)24-51-15-17-53(18-16-51)32-4-6-35-29(11-19-58-35)38(32)30-21-27(20-26-23-45-49-39(26)30)46-36-8-12-44-41(43)47-36/h2-4,6,8,11-12,19-23,25,33H,5,7,9-10,13-18,24H2,1H3,(H,45,49)(H,48,55,56)(H3,43,44,46,47). The SMILES string of the molecule is Cn1c(=O)n(C2CCC(=O)NC2=O)c2ccc(N3CCC(CN4CCN(c5ccc6occc6c5-c5cc(Nc6ccnc(N)n6)cc6cn[nH]c56)CC4)CC3)cc21. The molecular formula is C42H44N12O4. The van der Waals surface area contributed by atoms with Gasteiger partial charge in [0.15, 0.2) is 0 Å². The van der Waals surface area contributed by atoms with Gasteiger partial charge in [-0.15, -0.1) is 0 Å². The van der Waals surface area contributed by atoms with Crippen LogP contribution in [0.4, 0.5) is 28.8 Å². The lowest BCUT2D eigenvalue weighted by Gasteiger charge is -2.40. The third-order valence-corrected chi connectivity index (χ3v) is 12.2. The van der Waals surface area contributed by atoms with Crippen molar-refractivity contribution in [2.45, 2.75) is 31.7 Å². The Bertz CT molecular complexity index is 2770. The molecule has 2 amide bonds. The minimum atomic E-state index is -0.690. The van der Waals surface area contributed by atoms with Gasteiger partial charge < -0.3 is 25.3 Å². The molecule has 3 aliphatic heterocycles. The number of fused-ring (bicyclic) bond motifs is 3. The fraction of sp³-hybridized carbons (Fsp3) is 0.333. The molecule has 1 atom stereocenters. The smallest absolute Gasteiger partial charge is 0.329 e. The second-order valence-electron chi connectivity index (χ2n) is 15.6. The van der Waals surface area contributed by atoms with E-state index in [2.05, 4.69) is 75.8 Å². The molecule has 0 aliphatic carbocycles. The summed E-state index contributed by atoms with van der Waals surface area (Å²) in [5.74, 6) is 0.692. The highest BCUT2D eigenvalue weighted by molar-refractivity contribution is 6.09. The summed E-state index contributed by atoms with van der Waals surface area (Å²) in [6, 6.07) is 17.6. The Hall–Kier alpha value is -6.68. The van der Waals surface area contributed by atoms with Crippen LogP contribution in [0.15, 0.2) is 82.5 Å². The Kier molecular flexibility index (Phi) is 8.84. The number of amides is 2. The highest BCUT2D eigenvalue weighted by Crippen LogP contribution is 2.43. The van der Waals surface area contributed by atoms with Crippen molar-refractivity contribution in [2.75, 3.05) is 66.7 Å². The molecule has 0 spiro atoms. The van der Waals surface area contributed by atoms with Gasteiger partial charge in [-0.3, -0.25) is 34.0 Å². The number of imidazole rings is 1. The van der Waals surface area contributed by atoms with E-state index in [1.165, 1.54) is 4.57 Å². The van der Waals surface area contributed by atoms with E-state index in [1.807, 2.05) is 24.4 Å². The molecule has 0 saturated carbocycles. The number of piperazine rings is 1. The number of nitrogen functional groups attached to an aromatic ring is 1. The molecule has 7 aromatic rings. The summed E-state index contributed by atoms with van der Waals surface area (Å²) in [5.41, 5.74) is 14.1. The minimum absolute atomic E-state index is 0.204. The zero-order chi connectivity index (χ0) is 39.5. The third-order valence-electron chi connectivity index (χ3n) is 12.2. The van der Waals surface area contributed by atoms with Crippen LogP contribution in [-0.2, 0) is 16.6 Å². The number of nitrogens with two attached hydrogens (primary N) is 1. The summed E-state index contributed by atoms with van der Waals surface area (Å²) < 4.78 is 9.06. The summed E-state index contributed by atoms with van der Waals surface area (Å²) in [7, 11) is 1.74. The van der Waals surface area contributed by atoms with E-state index in [0.29, 0.717) is 23.7 Å². The number of anilines is 5. The van der Waals surface area contributed by atoms with Crippen LogP contribution in [0.25, 0.3) is 44.0 Å². The van der Waals surface area contributed by atoms with Gasteiger partial charge in [-0.05, 0) is 79.8 Å². The van der Waals surface area contributed by atoms with E-state index in [9.17, 15) is 14.4 Å². The molecule has 58 heavy (non-hydrogen) atoms. The zero-order valence-corrected chi connectivity index (χ0v) is 32.1. The highest BCUT2D eigenvalue weighted by atomic mass is 16.3. The van der Waals surface area contributed by atoms with Gasteiger partial charge in [-0.25, -0.2) is 9.78 Å². The normalized spacial score (nSPS) is 18.5. The van der Waals surface area contributed by atoms with Gasteiger partial charge in [0.25, 0.3) is 0 Å². The number of nitrogens with one attached hydrogen (secondary N) is 3. The molecular weight excluding hydrogens is 737 g/mol. The first-order valence-electron chi connectivity index (χ1n) is 19.9. The van der Waals surface area contributed by atoms with Gasteiger partial charge in [0, 0.05) is 104 Å². The van der Waals surface area contributed by atoms with Crippen molar-refractivity contribution in [1.29, 1.82) is 0 Å². The number of aromatic nitrogens is 6. The van der Waals surface area contributed by atoms with Crippen molar-refractivity contribution in [2.24, 2.45) is 13.0 Å². The Labute approximate surface area is 332 Å². The Morgan fingerprint density at radius 2 is 1.76 bits per heavy atom. The summed E-state index contributed by atoms with van der Waals surface area (Å²) in [6.45, 7) is 6.67. The maximum absolute atomic E-state index is 13.3. The number of furan rings is 1. The van der Waals surface area contributed by atoms with Crippen LogP contribution in [0, 0.1) is 5.92 Å². The van der Waals surface area contributed by atoms with Crippen LogP contribution in [0.1, 0.15) is 31.7 Å². The van der Waals surface area contributed by atoms with Gasteiger partial charge in [-0.2, -0.15) is 10.1 Å². The number of aryl methyl sites for hydroxylation is 1. The maximum atomic E-state index is 13.3. The molecule has 3 saturated heterocycles. The highest BCUT2D eigenvalue weighted by Gasteiger charge is 2.32. The van der Waals surface area contributed by atoms with Crippen LogP contribution in [0.5, 0.6) is 0 Å². The molecule has 16 heteroatoms. The molecule has 3 aromatic carbocycles. The molecule has 296 valence electrons. The zero-order valence-electron chi connectivity index (χ0n) is 32.1. The monoisotopic (exact) mass is 780 g/mol. The first-order chi connectivity index (χ1) is 28.3. The fourth-order valence-corrected chi connectivity index (χ4v) is 9.19. The lowest BCUT2D eigenvalue weighted by Crippen LogP contribution is -2.49. The number of piperidine rings is 2. The minimum Gasteiger partial charge on any atom is -0.464 e. The van der Waals surface area contributed by atoms with Crippen LogP contribution < -0.4 is 31.9 Å². The number of imide groups is 1. The van der Waals surface area contributed by atoms with E-state index in [1.54, 1.807) is 30.1 Å². The lowest BCUT2D eigenvalue weighted by molar-refractivity contribution is -0.135. The van der Waals surface area contributed by atoms with E-state index in [4.69, 9.17) is 10.2 Å². The summed E-state index contributed by atoms with van der Waals surface area (Å²) in [6.07, 6.45) is 7.93. The fourth-order valence-electron chi connectivity index (χ4n) is 9.19. The average molecular weight is 781 g/mol. The molecule has 0 bridgehead atoms. The van der Waals surface area contributed by atoms with Crippen LogP contribution in [0.3, 0.4) is 0 Å². The van der Waals surface area contributed by atoms with E-state index in [0.717, 1.165) is 114 Å². The van der Waals surface area contributed by atoms with Gasteiger partial charge >= 0.3 is 5.69 Å². The Morgan fingerprint density at radius 3 is 2.57 bits per heavy atom. The number of carbonyl (C=O) groups is 2. The third kappa shape index (κ3) is 6.38. The molecule has 7 heterocycles. The molecule has 4 aromatic heterocycles. The molecule has 10 rings (SSSR count). The van der Waals surface area contributed by atoms with Gasteiger partial charge in [0.1, 0.15) is 17.4 Å². The predicted octanol–water partition coefficient (Wildman–Crippen LogP) is 4.76.